The van der Waals surface area contributed by atoms with E-state index in [9.17, 15) is 19.1 Å². The number of carbonyl (C=O) groups excluding carboxylic acids is 1. The van der Waals surface area contributed by atoms with Crippen LogP contribution in [0.1, 0.15) is 22.5 Å². The average molecular weight is 347 g/mol. The SMILES string of the molecule is COC1CC(C(=O)O)N(C(=O)c2cnn(-c3ccccc3F)c2C)C1. The molecular weight excluding hydrogens is 329 g/mol. The van der Waals surface area contributed by atoms with Gasteiger partial charge in [-0.25, -0.2) is 13.9 Å². The maximum atomic E-state index is 14.0. The molecule has 0 spiro atoms. The van der Waals surface area contributed by atoms with E-state index in [1.165, 1.54) is 29.0 Å². The molecule has 0 saturated carbocycles. The van der Waals surface area contributed by atoms with Gasteiger partial charge in [0.1, 0.15) is 17.5 Å². The summed E-state index contributed by atoms with van der Waals surface area (Å²) in [7, 11) is 1.49. The average Bonchev–Trinajstić information content (AvgIpc) is 3.19. The number of aliphatic carboxylic acids is 1. The molecule has 1 aliphatic heterocycles. The van der Waals surface area contributed by atoms with E-state index in [-0.39, 0.29) is 30.3 Å². The zero-order valence-electron chi connectivity index (χ0n) is 13.8. The molecule has 1 amide bonds. The molecule has 1 saturated heterocycles. The van der Waals surface area contributed by atoms with E-state index in [0.29, 0.717) is 5.69 Å². The zero-order valence-corrected chi connectivity index (χ0v) is 13.8. The fraction of sp³-hybridized carbons (Fsp3) is 0.353. The molecular formula is C17H18FN3O4. The van der Waals surface area contributed by atoms with Crippen LogP contribution in [-0.4, -0.2) is 57.5 Å². The second-order valence-corrected chi connectivity index (χ2v) is 5.91. The first-order valence-corrected chi connectivity index (χ1v) is 7.80. The summed E-state index contributed by atoms with van der Waals surface area (Å²) in [5, 5.41) is 13.5. The lowest BCUT2D eigenvalue weighted by atomic mass is 10.2. The largest absolute Gasteiger partial charge is 0.480 e. The van der Waals surface area contributed by atoms with E-state index in [4.69, 9.17) is 4.74 Å². The summed E-state index contributed by atoms with van der Waals surface area (Å²) in [5.74, 6) is -1.99. The van der Waals surface area contributed by atoms with Gasteiger partial charge in [-0.15, -0.1) is 0 Å². The molecule has 7 nitrogen and oxygen atoms in total. The van der Waals surface area contributed by atoms with E-state index in [1.807, 2.05) is 0 Å². The Kier molecular flexibility index (Phi) is 4.54. The molecule has 3 rings (SSSR count). The summed E-state index contributed by atoms with van der Waals surface area (Å²) < 4.78 is 20.5. The number of methoxy groups -OCH3 is 1. The van der Waals surface area contributed by atoms with Gasteiger partial charge in [0.05, 0.1) is 23.6 Å². The van der Waals surface area contributed by atoms with Gasteiger partial charge in [0, 0.05) is 20.1 Å². The van der Waals surface area contributed by atoms with Crippen LogP contribution >= 0.6 is 0 Å². The van der Waals surface area contributed by atoms with Gasteiger partial charge in [0.15, 0.2) is 0 Å². The minimum absolute atomic E-state index is 0.191. The van der Waals surface area contributed by atoms with Crippen molar-refractivity contribution in [3.05, 3.63) is 47.5 Å². The van der Waals surface area contributed by atoms with Crippen LogP contribution in [0, 0.1) is 12.7 Å². The van der Waals surface area contributed by atoms with Crippen LogP contribution in [-0.2, 0) is 9.53 Å². The number of hydrogen-bond donors (Lipinski definition) is 1. The fourth-order valence-corrected chi connectivity index (χ4v) is 3.07. The Hall–Kier alpha value is -2.74. The van der Waals surface area contributed by atoms with Gasteiger partial charge in [-0.05, 0) is 19.1 Å². The number of carboxylic acids is 1. The Morgan fingerprint density at radius 3 is 2.72 bits per heavy atom. The highest BCUT2D eigenvalue weighted by atomic mass is 19.1. The number of carboxylic acid groups (broad SMARTS) is 1. The number of amides is 1. The molecule has 1 fully saturated rings. The van der Waals surface area contributed by atoms with Crippen molar-refractivity contribution < 1.29 is 23.8 Å². The topological polar surface area (TPSA) is 84.7 Å². The van der Waals surface area contributed by atoms with Crippen LogP contribution in [0.5, 0.6) is 0 Å². The summed E-state index contributed by atoms with van der Waals surface area (Å²) >= 11 is 0. The first kappa shape index (κ1) is 17.1. The van der Waals surface area contributed by atoms with Crippen molar-refractivity contribution in [3.8, 4) is 5.69 Å². The van der Waals surface area contributed by atoms with E-state index in [2.05, 4.69) is 5.10 Å². The van der Waals surface area contributed by atoms with Gasteiger partial charge in [-0.3, -0.25) is 4.79 Å². The second-order valence-electron chi connectivity index (χ2n) is 5.91. The lowest BCUT2D eigenvalue weighted by Gasteiger charge is -2.21. The molecule has 1 aromatic carbocycles. The summed E-state index contributed by atoms with van der Waals surface area (Å²) in [6.07, 6.45) is 1.24. The number of nitrogens with zero attached hydrogens (tertiary/aromatic N) is 3. The summed E-state index contributed by atoms with van der Waals surface area (Å²) in [6.45, 7) is 1.84. The normalized spacial score (nSPS) is 20.0. The van der Waals surface area contributed by atoms with E-state index < -0.39 is 23.7 Å². The number of carbonyl (C=O) groups is 2. The Labute approximate surface area is 143 Å². The van der Waals surface area contributed by atoms with E-state index in [0.717, 1.165) is 0 Å². The molecule has 1 aromatic heterocycles. The van der Waals surface area contributed by atoms with Crippen molar-refractivity contribution >= 4 is 11.9 Å². The van der Waals surface area contributed by atoms with Crippen molar-refractivity contribution in [2.75, 3.05) is 13.7 Å². The third-order valence-electron chi connectivity index (χ3n) is 4.46. The Balaban J connectivity index is 1.94. The summed E-state index contributed by atoms with van der Waals surface area (Å²) in [5.41, 5.74) is 0.913. The number of para-hydroxylation sites is 1. The number of benzene rings is 1. The van der Waals surface area contributed by atoms with Gasteiger partial charge < -0.3 is 14.7 Å². The maximum absolute atomic E-state index is 14.0. The monoisotopic (exact) mass is 347 g/mol. The van der Waals surface area contributed by atoms with Gasteiger partial charge in [0.2, 0.25) is 0 Å². The number of ether oxygens (including phenoxy) is 1. The molecule has 2 aromatic rings. The third-order valence-corrected chi connectivity index (χ3v) is 4.46. The predicted molar refractivity (Wildman–Crippen MR) is 86.1 cm³/mol. The van der Waals surface area contributed by atoms with Crippen LogP contribution in [0.25, 0.3) is 5.69 Å². The number of rotatable bonds is 4. The van der Waals surface area contributed by atoms with Crippen LogP contribution in [0.3, 0.4) is 0 Å². The standard InChI is InChI=1S/C17H18FN3O4/c1-10-12(8-19-21(10)14-6-4-3-5-13(14)18)16(22)20-9-11(25-2)7-15(20)17(23)24/h3-6,8,11,15H,7,9H2,1-2H3,(H,23,24). The van der Waals surface area contributed by atoms with Gasteiger partial charge in [-0.2, -0.15) is 5.10 Å². The molecule has 2 unspecified atom stereocenters. The fourth-order valence-electron chi connectivity index (χ4n) is 3.07. The molecule has 25 heavy (non-hydrogen) atoms. The van der Waals surface area contributed by atoms with Crippen LogP contribution in [0.2, 0.25) is 0 Å². The smallest absolute Gasteiger partial charge is 0.326 e. The van der Waals surface area contributed by atoms with Crippen molar-refractivity contribution in [3.63, 3.8) is 0 Å². The highest BCUT2D eigenvalue weighted by Gasteiger charge is 2.41. The lowest BCUT2D eigenvalue weighted by molar-refractivity contribution is -0.141. The van der Waals surface area contributed by atoms with E-state index in [1.54, 1.807) is 25.1 Å². The Morgan fingerprint density at radius 1 is 1.36 bits per heavy atom. The van der Waals surface area contributed by atoms with Crippen LogP contribution in [0.15, 0.2) is 30.5 Å². The molecule has 1 aliphatic rings. The van der Waals surface area contributed by atoms with Crippen molar-refractivity contribution in [2.24, 2.45) is 0 Å². The quantitative estimate of drug-likeness (QED) is 0.909. The molecule has 0 bridgehead atoms. The predicted octanol–water partition coefficient (Wildman–Crippen LogP) is 1.63. The lowest BCUT2D eigenvalue weighted by Crippen LogP contribution is -2.40. The highest BCUT2D eigenvalue weighted by molar-refractivity contribution is 5.97. The van der Waals surface area contributed by atoms with Crippen LogP contribution in [0.4, 0.5) is 4.39 Å². The first-order valence-electron chi connectivity index (χ1n) is 7.80. The molecule has 0 aliphatic carbocycles. The number of halogens is 1. The highest BCUT2D eigenvalue weighted by Crippen LogP contribution is 2.25. The van der Waals surface area contributed by atoms with Gasteiger partial charge >= 0.3 is 5.97 Å². The van der Waals surface area contributed by atoms with E-state index >= 15 is 0 Å². The molecule has 8 heteroatoms. The minimum Gasteiger partial charge on any atom is -0.480 e. The molecule has 2 atom stereocenters. The molecule has 2 heterocycles. The van der Waals surface area contributed by atoms with Gasteiger partial charge in [-0.1, -0.05) is 12.1 Å². The number of aromatic nitrogens is 2. The number of hydrogen-bond acceptors (Lipinski definition) is 4. The van der Waals surface area contributed by atoms with Crippen molar-refractivity contribution in [1.29, 1.82) is 0 Å². The van der Waals surface area contributed by atoms with Gasteiger partial charge in [0.25, 0.3) is 5.91 Å². The zero-order chi connectivity index (χ0) is 18.1. The summed E-state index contributed by atoms with van der Waals surface area (Å²) in [4.78, 5) is 25.5. The second kappa shape index (κ2) is 6.64. The third kappa shape index (κ3) is 3.00. The first-order chi connectivity index (χ1) is 11.9. The minimum atomic E-state index is -1.08. The molecule has 1 N–H and O–H groups in total. The molecule has 0 radical (unpaired) electrons. The molecule has 132 valence electrons. The Bertz CT molecular complexity index is 820. The van der Waals surface area contributed by atoms with Crippen molar-refractivity contribution in [1.82, 2.24) is 14.7 Å². The van der Waals surface area contributed by atoms with Crippen molar-refractivity contribution in [2.45, 2.75) is 25.5 Å². The number of likely N-dealkylation sites (tertiary alicyclic amines) is 1. The maximum Gasteiger partial charge on any atom is 0.326 e. The Morgan fingerprint density at radius 2 is 2.08 bits per heavy atom. The van der Waals surface area contributed by atoms with Crippen LogP contribution < -0.4 is 0 Å². The summed E-state index contributed by atoms with van der Waals surface area (Å²) in [6, 6.07) is 5.15.